The van der Waals surface area contributed by atoms with Crippen molar-refractivity contribution in [2.45, 2.75) is 13.1 Å². The predicted molar refractivity (Wildman–Crippen MR) is 87.6 cm³/mol. The average molecular weight is 329 g/mol. The van der Waals surface area contributed by atoms with Gasteiger partial charge >= 0.3 is 0 Å². The summed E-state index contributed by atoms with van der Waals surface area (Å²) in [6.45, 7) is 2.41. The Balaban J connectivity index is 1.95. The lowest BCUT2D eigenvalue weighted by Gasteiger charge is -2.16. The van der Waals surface area contributed by atoms with Crippen molar-refractivity contribution in [3.63, 3.8) is 0 Å². The van der Waals surface area contributed by atoms with Gasteiger partial charge in [0.2, 0.25) is 0 Å². The van der Waals surface area contributed by atoms with Crippen LogP contribution in [0.4, 0.5) is 4.39 Å². The molecule has 1 aliphatic heterocycles. The molecule has 116 valence electrons. The zero-order valence-electron chi connectivity index (χ0n) is 12.3. The van der Waals surface area contributed by atoms with Crippen LogP contribution in [0, 0.1) is 5.82 Å². The van der Waals surface area contributed by atoms with Gasteiger partial charge in [-0.25, -0.2) is 4.39 Å². The van der Waals surface area contributed by atoms with Gasteiger partial charge in [0.1, 0.15) is 11.5 Å². The molecule has 4 nitrogen and oxygen atoms in total. The van der Waals surface area contributed by atoms with E-state index in [1.807, 2.05) is 16.8 Å². The lowest BCUT2D eigenvalue weighted by molar-refractivity contribution is 0.477. The van der Waals surface area contributed by atoms with E-state index in [0.29, 0.717) is 0 Å². The highest BCUT2D eigenvalue weighted by Crippen LogP contribution is 2.36. The fourth-order valence-corrected chi connectivity index (χ4v) is 3.04. The Kier molecular flexibility index (Phi) is 3.59. The molecule has 0 fully saturated rings. The molecular weight excluding hydrogens is 315 g/mol. The molecule has 1 aliphatic rings. The van der Waals surface area contributed by atoms with Gasteiger partial charge in [0.05, 0.1) is 17.3 Å². The maximum absolute atomic E-state index is 13.9. The summed E-state index contributed by atoms with van der Waals surface area (Å²) in [6, 6.07) is 8.70. The predicted octanol–water partition coefficient (Wildman–Crippen LogP) is 3.51. The monoisotopic (exact) mass is 328 g/mol. The number of fused-ring (bicyclic) bond motifs is 1. The molecule has 0 amide bonds. The summed E-state index contributed by atoms with van der Waals surface area (Å²) >= 11 is 5.81. The van der Waals surface area contributed by atoms with E-state index in [1.54, 1.807) is 24.5 Å². The first-order valence-electron chi connectivity index (χ1n) is 7.40. The number of benzene rings is 1. The van der Waals surface area contributed by atoms with Gasteiger partial charge in [-0.15, -0.1) is 0 Å². The highest BCUT2D eigenvalue weighted by atomic mass is 35.5. The molecule has 0 unspecified atom stereocenters. The molecule has 3 aromatic rings. The Bertz CT molecular complexity index is 861. The van der Waals surface area contributed by atoms with Crippen molar-refractivity contribution < 1.29 is 4.39 Å². The second kappa shape index (κ2) is 5.76. The largest absolute Gasteiger partial charge is 0.309 e. The van der Waals surface area contributed by atoms with E-state index in [-0.39, 0.29) is 5.02 Å². The van der Waals surface area contributed by atoms with E-state index in [0.717, 1.165) is 47.7 Å². The van der Waals surface area contributed by atoms with Gasteiger partial charge in [-0.3, -0.25) is 9.67 Å². The third kappa shape index (κ3) is 2.52. The highest BCUT2D eigenvalue weighted by molar-refractivity contribution is 6.30. The lowest BCUT2D eigenvalue weighted by atomic mass is 9.99. The molecular formula is C17H14ClFN4. The van der Waals surface area contributed by atoms with Crippen LogP contribution in [-0.4, -0.2) is 21.3 Å². The summed E-state index contributed by atoms with van der Waals surface area (Å²) in [5.41, 5.74) is 4.63. The van der Waals surface area contributed by atoms with Crippen LogP contribution in [0.5, 0.6) is 0 Å². The quantitative estimate of drug-likeness (QED) is 0.783. The van der Waals surface area contributed by atoms with E-state index in [2.05, 4.69) is 10.3 Å². The van der Waals surface area contributed by atoms with Crippen LogP contribution < -0.4 is 5.32 Å². The fraction of sp³-hybridized carbons (Fsp3) is 0.176. The first kappa shape index (κ1) is 14.4. The van der Waals surface area contributed by atoms with Crippen LogP contribution in [0.3, 0.4) is 0 Å². The second-order valence-corrected chi connectivity index (χ2v) is 5.84. The standard InChI is InChI=1S/C17H14ClFN4/c18-13-2-1-12(9-14(13)19)17-16(11-3-5-20-6-4-11)15-10-21-7-8-23(15)22-17/h1-6,9,21H,7-8,10H2. The zero-order valence-corrected chi connectivity index (χ0v) is 13.0. The lowest BCUT2D eigenvalue weighted by Crippen LogP contribution is -2.28. The van der Waals surface area contributed by atoms with Gasteiger partial charge in [-0.2, -0.15) is 5.10 Å². The summed E-state index contributed by atoms with van der Waals surface area (Å²) in [5, 5.41) is 8.19. The maximum atomic E-state index is 13.9. The van der Waals surface area contributed by atoms with Crippen LogP contribution in [0.2, 0.25) is 5.02 Å². The van der Waals surface area contributed by atoms with Crippen LogP contribution in [0.15, 0.2) is 42.7 Å². The molecule has 1 aromatic carbocycles. The summed E-state index contributed by atoms with van der Waals surface area (Å²) < 4.78 is 15.9. The van der Waals surface area contributed by atoms with Crippen molar-refractivity contribution in [1.29, 1.82) is 0 Å². The number of hydrogen-bond acceptors (Lipinski definition) is 3. The second-order valence-electron chi connectivity index (χ2n) is 5.43. The normalized spacial score (nSPS) is 13.8. The molecule has 2 aromatic heterocycles. The van der Waals surface area contributed by atoms with Crippen molar-refractivity contribution >= 4 is 11.6 Å². The molecule has 0 spiro atoms. The Hall–Kier alpha value is -2.24. The van der Waals surface area contributed by atoms with E-state index in [4.69, 9.17) is 16.7 Å². The molecule has 3 heterocycles. The van der Waals surface area contributed by atoms with E-state index >= 15 is 0 Å². The Morgan fingerprint density at radius 1 is 1.13 bits per heavy atom. The minimum Gasteiger partial charge on any atom is -0.309 e. The van der Waals surface area contributed by atoms with E-state index < -0.39 is 5.82 Å². The van der Waals surface area contributed by atoms with Crippen molar-refractivity contribution in [2.24, 2.45) is 0 Å². The first-order valence-corrected chi connectivity index (χ1v) is 7.78. The van der Waals surface area contributed by atoms with Crippen LogP contribution in [0.25, 0.3) is 22.4 Å². The minimum absolute atomic E-state index is 0.116. The molecule has 0 saturated heterocycles. The van der Waals surface area contributed by atoms with Crippen molar-refractivity contribution in [3.8, 4) is 22.4 Å². The zero-order chi connectivity index (χ0) is 15.8. The molecule has 0 radical (unpaired) electrons. The highest BCUT2D eigenvalue weighted by Gasteiger charge is 2.22. The van der Waals surface area contributed by atoms with E-state index in [1.165, 1.54) is 6.07 Å². The first-order chi connectivity index (χ1) is 11.2. The summed E-state index contributed by atoms with van der Waals surface area (Å²) in [7, 11) is 0. The van der Waals surface area contributed by atoms with Gasteiger partial charge < -0.3 is 5.32 Å². The summed E-state index contributed by atoms with van der Waals surface area (Å²) in [4.78, 5) is 4.08. The number of nitrogens with one attached hydrogen (secondary N) is 1. The number of aromatic nitrogens is 3. The summed E-state index contributed by atoms with van der Waals surface area (Å²) in [6.07, 6.45) is 3.50. The molecule has 0 saturated carbocycles. The molecule has 0 aliphatic carbocycles. The van der Waals surface area contributed by atoms with Crippen molar-refractivity contribution in [3.05, 3.63) is 59.3 Å². The average Bonchev–Trinajstić information content (AvgIpc) is 2.97. The Morgan fingerprint density at radius 2 is 1.96 bits per heavy atom. The van der Waals surface area contributed by atoms with Crippen molar-refractivity contribution in [1.82, 2.24) is 20.1 Å². The van der Waals surface area contributed by atoms with Gasteiger partial charge in [0.25, 0.3) is 0 Å². The SMILES string of the molecule is Fc1cc(-c2nn3c(c2-c2ccncc2)CNCC3)ccc1Cl. The van der Waals surface area contributed by atoms with Gasteiger partial charge in [-0.1, -0.05) is 17.7 Å². The number of halogens is 2. The number of hydrogen-bond donors (Lipinski definition) is 1. The molecule has 0 bridgehead atoms. The maximum Gasteiger partial charge on any atom is 0.142 e. The smallest absolute Gasteiger partial charge is 0.142 e. The van der Waals surface area contributed by atoms with Crippen LogP contribution >= 0.6 is 11.6 Å². The van der Waals surface area contributed by atoms with Crippen LogP contribution in [-0.2, 0) is 13.1 Å². The Morgan fingerprint density at radius 3 is 2.74 bits per heavy atom. The van der Waals surface area contributed by atoms with Crippen LogP contribution in [0.1, 0.15) is 5.69 Å². The minimum atomic E-state index is -0.436. The van der Waals surface area contributed by atoms with Crippen molar-refractivity contribution in [2.75, 3.05) is 6.54 Å². The Labute approximate surface area is 137 Å². The number of rotatable bonds is 2. The number of nitrogens with zero attached hydrogens (tertiary/aromatic N) is 3. The van der Waals surface area contributed by atoms with Gasteiger partial charge in [0.15, 0.2) is 0 Å². The molecule has 6 heteroatoms. The third-order valence-corrected chi connectivity index (χ3v) is 4.32. The third-order valence-electron chi connectivity index (χ3n) is 4.01. The topological polar surface area (TPSA) is 42.7 Å². The molecule has 4 rings (SSSR count). The molecule has 23 heavy (non-hydrogen) atoms. The van der Waals surface area contributed by atoms with E-state index in [9.17, 15) is 4.39 Å². The summed E-state index contributed by atoms with van der Waals surface area (Å²) in [5.74, 6) is -0.436. The van der Waals surface area contributed by atoms with Gasteiger partial charge in [0, 0.05) is 36.6 Å². The molecule has 1 N–H and O–H groups in total. The fourth-order valence-electron chi connectivity index (χ4n) is 2.92. The molecule has 0 atom stereocenters. The van der Waals surface area contributed by atoms with Gasteiger partial charge in [-0.05, 0) is 29.8 Å². The number of pyridine rings is 1.